The number of ether oxygens (including phenoxy) is 2. The van der Waals surface area contributed by atoms with E-state index in [1.54, 1.807) is 25.3 Å². The summed E-state index contributed by atoms with van der Waals surface area (Å²) in [7, 11) is 1.63. The van der Waals surface area contributed by atoms with Gasteiger partial charge in [0.05, 0.1) is 7.11 Å². The van der Waals surface area contributed by atoms with Gasteiger partial charge in [0.1, 0.15) is 23.9 Å². The van der Waals surface area contributed by atoms with E-state index in [1.807, 2.05) is 24.3 Å². The molecule has 0 radical (unpaired) electrons. The summed E-state index contributed by atoms with van der Waals surface area (Å²) in [6.45, 7) is 0.379. The van der Waals surface area contributed by atoms with Crippen LogP contribution in [0.2, 0.25) is 0 Å². The molecule has 30 heavy (non-hydrogen) atoms. The zero-order valence-electron chi connectivity index (χ0n) is 16.9. The van der Waals surface area contributed by atoms with Crippen LogP contribution in [0.25, 0.3) is 6.08 Å². The molecule has 4 heteroatoms. The summed E-state index contributed by atoms with van der Waals surface area (Å²) < 4.78 is 11.5. The highest BCUT2D eigenvalue weighted by Crippen LogP contribution is 2.28. The first-order valence-electron chi connectivity index (χ1n) is 10.1. The number of aryl methyl sites for hydroxylation is 2. The molecule has 152 valence electrons. The molecule has 0 amide bonds. The van der Waals surface area contributed by atoms with Crippen LogP contribution in [0.5, 0.6) is 17.2 Å². The minimum atomic E-state index is -0.169. The van der Waals surface area contributed by atoms with Crippen molar-refractivity contribution in [1.29, 1.82) is 0 Å². The van der Waals surface area contributed by atoms with Gasteiger partial charge in [-0.1, -0.05) is 30.3 Å². The maximum atomic E-state index is 12.3. The average Bonchev–Trinajstić information content (AvgIpc) is 3.24. The van der Waals surface area contributed by atoms with Crippen LogP contribution < -0.4 is 9.47 Å². The van der Waals surface area contributed by atoms with Gasteiger partial charge >= 0.3 is 0 Å². The summed E-state index contributed by atoms with van der Waals surface area (Å²) in [5.41, 5.74) is 5.02. The van der Waals surface area contributed by atoms with Crippen molar-refractivity contribution in [1.82, 2.24) is 0 Å². The van der Waals surface area contributed by atoms with Crippen LogP contribution in [0.4, 0.5) is 0 Å². The Balaban J connectivity index is 1.48. The fourth-order valence-electron chi connectivity index (χ4n) is 3.74. The molecule has 0 heterocycles. The predicted molar refractivity (Wildman–Crippen MR) is 117 cm³/mol. The van der Waals surface area contributed by atoms with Gasteiger partial charge in [0.25, 0.3) is 0 Å². The number of ketones is 1. The van der Waals surface area contributed by atoms with Crippen LogP contribution in [0.1, 0.15) is 39.0 Å². The molecule has 4 nitrogen and oxygen atoms in total. The molecular weight excluding hydrogens is 376 g/mol. The lowest BCUT2D eigenvalue weighted by Gasteiger charge is -2.12. The molecule has 0 bridgehead atoms. The van der Waals surface area contributed by atoms with Gasteiger partial charge in [-0.15, -0.1) is 0 Å². The van der Waals surface area contributed by atoms with Gasteiger partial charge in [-0.25, -0.2) is 0 Å². The average molecular weight is 400 g/mol. The van der Waals surface area contributed by atoms with E-state index in [1.165, 1.54) is 35.8 Å². The lowest BCUT2D eigenvalue weighted by molar-refractivity contribution is 0.104. The number of fused-ring (bicyclic) bond motifs is 1. The fraction of sp³-hybridized carbons (Fsp3) is 0.192. The van der Waals surface area contributed by atoms with Crippen molar-refractivity contribution in [3.05, 3.63) is 94.6 Å². The van der Waals surface area contributed by atoms with Gasteiger partial charge in [-0.05, 0) is 78.4 Å². The smallest absolute Gasteiger partial charge is 0.185 e. The number of carbonyl (C=O) groups excluding carboxylic acids is 1. The zero-order valence-corrected chi connectivity index (χ0v) is 16.9. The van der Waals surface area contributed by atoms with E-state index in [-0.39, 0.29) is 11.5 Å². The van der Waals surface area contributed by atoms with Crippen LogP contribution in [0.15, 0.2) is 66.7 Å². The third-order valence-electron chi connectivity index (χ3n) is 5.33. The molecular formula is C26H24O4. The maximum Gasteiger partial charge on any atom is 0.185 e. The minimum Gasteiger partial charge on any atom is -0.508 e. The standard InChI is InChI=1S/C26H24O4/c1-29-26-13-9-18(8-12-25(28)21-6-3-7-23(27)15-21)14-22(26)17-30-24-11-10-19-4-2-5-20(19)16-24/h3,6-16,27H,2,4-5,17H2,1H3/b12-8+. The number of carbonyl (C=O) groups is 1. The van der Waals surface area contributed by atoms with E-state index in [9.17, 15) is 9.90 Å². The number of methoxy groups -OCH3 is 1. The summed E-state index contributed by atoms with van der Waals surface area (Å²) in [5, 5.41) is 9.54. The first-order chi connectivity index (χ1) is 14.6. The first-order valence-corrected chi connectivity index (χ1v) is 10.1. The number of rotatable bonds is 7. The van der Waals surface area contributed by atoms with Crippen molar-refractivity contribution in [3.8, 4) is 17.2 Å². The molecule has 0 spiro atoms. The Labute approximate surface area is 176 Å². The van der Waals surface area contributed by atoms with Gasteiger partial charge in [0.15, 0.2) is 5.78 Å². The van der Waals surface area contributed by atoms with E-state index in [4.69, 9.17) is 9.47 Å². The van der Waals surface area contributed by atoms with E-state index < -0.39 is 0 Å². The highest BCUT2D eigenvalue weighted by molar-refractivity contribution is 6.07. The second-order valence-corrected chi connectivity index (χ2v) is 7.39. The number of aromatic hydroxyl groups is 1. The molecule has 0 unspecified atom stereocenters. The van der Waals surface area contributed by atoms with E-state index in [2.05, 4.69) is 12.1 Å². The number of hydrogen-bond acceptors (Lipinski definition) is 4. The largest absolute Gasteiger partial charge is 0.508 e. The second kappa shape index (κ2) is 8.87. The SMILES string of the molecule is COc1ccc(/C=C/C(=O)c2cccc(O)c2)cc1COc1ccc2c(c1)CCC2. The van der Waals surface area contributed by atoms with Gasteiger partial charge in [-0.2, -0.15) is 0 Å². The maximum absolute atomic E-state index is 12.3. The summed E-state index contributed by atoms with van der Waals surface area (Å²) in [4.78, 5) is 12.3. The molecule has 0 saturated carbocycles. The minimum absolute atomic E-state index is 0.0738. The summed E-state index contributed by atoms with van der Waals surface area (Å²) in [6, 6.07) is 18.4. The zero-order chi connectivity index (χ0) is 20.9. The van der Waals surface area contributed by atoms with Crippen LogP contribution in [0, 0.1) is 0 Å². The fourth-order valence-corrected chi connectivity index (χ4v) is 3.74. The molecule has 0 aromatic heterocycles. The summed E-state index contributed by atoms with van der Waals surface area (Å²) in [6.07, 6.45) is 6.73. The Hall–Kier alpha value is -3.53. The number of hydrogen-bond donors (Lipinski definition) is 1. The van der Waals surface area contributed by atoms with Gasteiger partial charge in [-0.3, -0.25) is 4.79 Å². The molecule has 3 aromatic carbocycles. The number of allylic oxidation sites excluding steroid dienone is 1. The molecule has 3 aromatic rings. The van der Waals surface area contributed by atoms with E-state index in [0.717, 1.165) is 35.5 Å². The number of benzene rings is 3. The van der Waals surface area contributed by atoms with E-state index in [0.29, 0.717) is 12.2 Å². The summed E-state index contributed by atoms with van der Waals surface area (Å²) >= 11 is 0. The Morgan fingerprint density at radius 1 is 1.03 bits per heavy atom. The van der Waals surface area contributed by atoms with Crippen molar-refractivity contribution >= 4 is 11.9 Å². The second-order valence-electron chi connectivity index (χ2n) is 7.39. The van der Waals surface area contributed by atoms with E-state index >= 15 is 0 Å². The van der Waals surface area contributed by atoms with Crippen molar-refractivity contribution in [2.45, 2.75) is 25.9 Å². The number of phenolic OH excluding ortho intramolecular Hbond substituents is 1. The quantitative estimate of drug-likeness (QED) is 0.428. The lowest BCUT2D eigenvalue weighted by atomic mass is 10.1. The van der Waals surface area contributed by atoms with Crippen LogP contribution in [-0.2, 0) is 19.4 Å². The molecule has 0 fully saturated rings. The highest BCUT2D eigenvalue weighted by Gasteiger charge is 2.12. The van der Waals surface area contributed by atoms with Crippen molar-refractivity contribution < 1.29 is 19.4 Å². The van der Waals surface area contributed by atoms with Crippen LogP contribution >= 0.6 is 0 Å². The van der Waals surface area contributed by atoms with Gasteiger partial charge in [0, 0.05) is 11.1 Å². The van der Waals surface area contributed by atoms with Crippen molar-refractivity contribution in [2.24, 2.45) is 0 Å². The lowest BCUT2D eigenvalue weighted by Crippen LogP contribution is -2.00. The molecule has 0 aliphatic heterocycles. The third kappa shape index (κ3) is 4.54. The van der Waals surface area contributed by atoms with Gasteiger partial charge in [0.2, 0.25) is 0 Å². The molecule has 1 N–H and O–H groups in total. The summed E-state index contributed by atoms with van der Waals surface area (Å²) in [5.74, 6) is 1.51. The Morgan fingerprint density at radius 2 is 1.90 bits per heavy atom. The number of phenols is 1. The third-order valence-corrected chi connectivity index (χ3v) is 5.33. The first kappa shape index (κ1) is 19.8. The molecule has 4 rings (SSSR count). The monoisotopic (exact) mass is 400 g/mol. The van der Waals surface area contributed by atoms with Crippen molar-refractivity contribution in [3.63, 3.8) is 0 Å². The molecule has 0 atom stereocenters. The predicted octanol–water partition coefficient (Wildman–Crippen LogP) is 5.36. The van der Waals surface area contributed by atoms with Crippen LogP contribution in [-0.4, -0.2) is 18.0 Å². The Morgan fingerprint density at radius 3 is 2.73 bits per heavy atom. The topological polar surface area (TPSA) is 55.8 Å². The highest BCUT2D eigenvalue weighted by atomic mass is 16.5. The van der Waals surface area contributed by atoms with Crippen LogP contribution in [0.3, 0.4) is 0 Å². The Bertz CT molecular complexity index is 1100. The van der Waals surface area contributed by atoms with Crippen molar-refractivity contribution in [2.75, 3.05) is 7.11 Å². The molecule has 0 saturated heterocycles. The normalized spacial score (nSPS) is 12.7. The Kier molecular flexibility index (Phi) is 5.84. The molecule has 1 aliphatic rings. The van der Waals surface area contributed by atoms with Gasteiger partial charge < -0.3 is 14.6 Å². The molecule has 1 aliphatic carbocycles.